The molecule has 0 radical (unpaired) electrons. The number of nitrogens with zero attached hydrogens (tertiary/aromatic N) is 2. The maximum atomic E-state index is 9.77. The molecule has 90 valence electrons. The molecular weight excluding hydrogens is 212 g/mol. The lowest BCUT2D eigenvalue weighted by Gasteiger charge is -2.32. The molecule has 1 fully saturated rings. The van der Waals surface area contributed by atoms with E-state index in [1.807, 2.05) is 18.2 Å². The average molecular weight is 230 g/mol. The number of hydrogen-bond acceptors (Lipinski definition) is 3. The van der Waals surface area contributed by atoms with Crippen molar-refractivity contribution >= 4 is 0 Å². The Labute approximate surface area is 102 Å². The van der Waals surface area contributed by atoms with Crippen LogP contribution in [0.1, 0.15) is 12.0 Å². The highest BCUT2D eigenvalue weighted by atomic mass is 16.3. The summed E-state index contributed by atoms with van der Waals surface area (Å²) in [5.41, 5.74) is 1.32. The number of β-amino-alcohol motifs (C(OH)–C–C–N with tert-alkyl or cyclic N) is 1. The second-order valence-electron chi connectivity index (χ2n) is 4.63. The molecule has 0 aliphatic carbocycles. The zero-order valence-electron chi connectivity index (χ0n) is 9.92. The molecule has 17 heavy (non-hydrogen) atoms. The summed E-state index contributed by atoms with van der Waals surface area (Å²) in [6.07, 6.45) is 1.31. The molecule has 0 bridgehead atoms. The molecule has 1 aromatic carbocycles. The van der Waals surface area contributed by atoms with Crippen LogP contribution in [0.5, 0.6) is 0 Å². The van der Waals surface area contributed by atoms with Crippen molar-refractivity contribution in [3.8, 4) is 6.07 Å². The van der Waals surface area contributed by atoms with Gasteiger partial charge >= 0.3 is 0 Å². The van der Waals surface area contributed by atoms with Gasteiger partial charge in [0.15, 0.2) is 0 Å². The van der Waals surface area contributed by atoms with E-state index in [0.29, 0.717) is 6.54 Å². The second-order valence-corrected chi connectivity index (χ2v) is 4.63. The number of hydrogen-bond donors (Lipinski definition) is 1. The topological polar surface area (TPSA) is 47.3 Å². The molecule has 0 amide bonds. The van der Waals surface area contributed by atoms with Gasteiger partial charge in [-0.25, -0.2) is 0 Å². The van der Waals surface area contributed by atoms with E-state index in [2.05, 4.69) is 23.1 Å². The van der Waals surface area contributed by atoms with Crippen LogP contribution in [-0.4, -0.2) is 35.7 Å². The van der Waals surface area contributed by atoms with E-state index in [1.165, 1.54) is 5.56 Å². The number of aliphatic hydroxyl groups is 1. The van der Waals surface area contributed by atoms with Crippen LogP contribution >= 0.6 is 0 Å². The minimum Gasteiger partial charge on any atom is -0.390 e. The molecule has 1 N–H and O–H groups in total. The van der Waals surface area contributed by atoms with Gasteiger partial charge < -0.3 is 10.0 Å². The molecule has 1 saturated heterocycles. The van der Waals surface area contributed by atoms with Crippen LogP contribution in [0.3, 0.4) is 0 Å². The van der Waals surface area contributed by atoms with Crippen LogP contribution in [0.2, 0.25) is 0 Å². The van der Waals surface area contributed by atoms with Crippen molar-refractivity contribution in [1.82, 2.24) is 4.90 Å². The average Bonchev–Trinajstić information content (AvgIpc) is 2.38. The molecule has 0 spiro atoms. The first-order valence-electron chi connectivity index (χ1n) is 6.13. The molecule has 3 heteroatoms. The molecule has 0 aromatic heterocycles. The van der Waals surface area contributed by atoms with Crippen LogP contribution < -0.4 is 0 Å². The third-order valence-corrected chi connectivity index (χ3v) is 3.39. The van der Waals surface area contributed by atoms with Crippen molar-refractivity contribution in [2.75, 3.05) is 19.6 Å². The Balaban J connectivity index is 1.80. The fraction of sp³-hybridized carbons (Fsp3) is 0.500. The number of piperidine rings is 1. The first kappa shape index (κ1) is 12.1. The van der Waals surface area contributed by atoms with Crippen molar-refractivity contribution in [2.24, 2.45) is 5.92 Å². The van der Waals surface area contributed by atoms with E-state index in [1.54, 1.807) is 0 Å². The Morgan fingerprint density at radius 3 is 2.76 bits per heavy atom. The summed E-state index contributed by atoms with van der Waals surface area (Å²) in [7, 11) is 0. The van der Waals surface area contributed by atoms with E-state index >= 15 is 0 Å². The Hall–Kier alpha value is -1.37. The van der Waals surface area contributed by atoms with E-state index in [9.17, 15) is 5.11 Å². The fourth-order valence-corrected chi connectivity index (χ4v) is 2.28. The summed E-state index contributed by atoms with van der Waals surface area (Å²) in [5, 5.41) is 18.6. The van der Waals surface area contributed by atoms with E-state index in [0.717, 1.165) is 25.9 Å². The molecule has 3 nitrogen and oxygen atoms in total. The lowest BCUT2D eigenvalue weighted by Crippen LogP contribution is -2.44. The van der Waals surface area contributed by atoms with Gasteiger partial charge in [0.05, 0.1) is 18.1 Å². The summed E-state index contributed by atoms with van der Waals surface area (Å²) in [5.74, 6) is -0.178. The molecule has 1 heterocycles. The molecule has 0 saturated carbocycles. The van der Waals surface area contributed by atoms with Gasteiger partial charge in [-0.1, -0.05) is 30.3 Å². The maximum absolute atomic E-state index is 9.77. The maximum Gasteiger partial charge on any atom is 0.0825 e. The Morgan fingerprint density at radius 2 is 2.12 bits per heavy atom. The van der Waals surface area contributed by atoms with Crippen LogP contribution in [-0.2, 0) is 6.42 Å². The molecule has 0 unspecified atom stereocenters. The van der Waals surface area contributed by atoms with Crippen molar-refractivity contribution < 1.29 is 5.11 Å². The van der Waals surface area contributed by atoms with Gasteiger partial charge in [-0.15, -0.1) is 0 Å². The standard InChI is InChI=1S/C14H18N2O/c15-10-13-7-9-16(11-14(13)17)8-6-12-4-2-1-3-5-12/h1-5,13-14,17H,6-9,11H2/t13-,14-/m0/s1. The van der Waals surface area contributed by atoms with Gasteiger partial charge in [-0.05, 0) is 24.9 Å². The monoisotopic (exact) mass is 230 g/mol. The second kappa shape index (κ2) is 5.81. The van der Waals surface area contributed by atoms with Gasteiger partial charge in [0.25, 0.3) is 0 Å². The molecular formula is C14H18N2O. The van der Waals surface area contributed by atoms with Crippen molar-refractivity contribution in [1.29, 1.82) is 5.26 Å². The minimum atomic E-state index is -0.482. The number of benzene rings is 1. The Kier molecular flexibility index (Phi) is 4.13. The van der Waals surface area contributed by atoms with Gasteiger partial charge in [0, 0.05) is 13.1 Å². The van der Waals surface area contributed by atoms with E-state index in [4.69, 9.17) is 5.26 Å². The number of rotatable bonds is 3. The molecule has 2 rings (SSSR count). The van der Waals surface area contributed by atoms with Gasteiger partial charge in [-0.2, -0.15) is 5.26 Å². The lowest BCUT2D eigenvalue weighted by atomic mass is 9.95. The normalized spacial score (nSPS) is 25.4. The molecule has 1 aliphatic heterocycles. The van der Waals surface area contributed by atoms with Crippen LogP contribution in [0.15, 0.2) is 30.3 Å². The Bertz CT molecular complexity index is 385. The van der Waals surface area contributed by atoms with Crippen molar-refractivity contribution in [2.45, 2.75) is 18.9 Å². The van der Waals surface area contributed by atoms with Crippen LogP contribution in [0, 0.1) is 17.2 Å². The summed E-state index contributed by atoms with van der Waals surface area (Å²) in [6, 6.07) is 12.5. The van der Waals surface area contributed by atoms with E-state index in [-0.39, 0.29) is 5.92 Å². The minimum absolute atomic E-state index is 0.178. The number of nitriles is 1. The zero-order valence-corrected chi connectivity index (χ0v) is 9.92. The fourth-order valence-electron chi connectivity index (χ4n) is 2.28. The third kappa shape index (κ3) is 3.29. The molecule has 2 atom stereocenters. The lowest BCUT2D eigenvalue weighted by molar-refractivity contribution is 0.0433. The van der Waals surface area contributed by atoms with Crippen molar-refractivity contribution in [3.05, 3.63) is 35.9 Å². The summed E-state index contributed by atoms with van der Waals surface area (Å²) >= 11 is 0. The zero-order chi connectivity index (χ0) is 12.1. The third-order valence-electron chi connectivity index (χ3n) is 3.39. The highest BCUT2D eigenvalue weighted by molar-refractivity contribution is 5.14. The van der Waals surface area contributed by atoms with E-state index < -0.39 is 6.10 Å². The first-order chi connectivity index (χ1) is 8.29. The summed E-state index contributed by atoms with van der Waals surface area (Å²) < 4.78 is 0. The Morgan fingerprint density at radius 1 is 1.35 bits per heavy atom. The van der Waals surface area contributed by atoms with Crippen LogP contribution in [0.25, 0.3) is 0 Å². The molecule has 1 aliphatic rings. The number of likely N-dealkylation sites (tertiary alicyclic amines) is 1. The first-order valence-corrected chi connectivity index (χ1v) is 6.13. The smallest absolute Gasteiger partial charge is 0.0825 e. The largest absolute Gasteiger partial charge is 0.390 e. The van der Waals surface area contributed by atoms with Crippen molar-refractivity contribution in [3.63, 3.8) is 0 Å². The van der Waals surface area contributed by atoms with Gasteiger partial charge in [0.2, 0.25) is 0 Å². The predicted molar refractivity (Wildman–Crippen MR) is 66.3 cm³/mol. The highest BCUT2D eigenvalue weighted by Gasteiger charge is 2.26. The van der Waals surface area contributed by atoms with Gasteiger partial charge in [0.1, 0.15) is 0 Å². The summed E-state index contributed by atoms with van der Waals surface area (Å²) in [4.78, 5) is 2.24. The SMILES string of the molecule is N#C[C@@H]1CCN(CCc2ccccc2)C[C@@H]1O. The van der Waals surface area contributed by atoms with Crippen LogP contribution in [0.4, 0.5) is 0 Å². The van der Waals surface area contributed by atoms with Gasteiger partial charge in [-0.3, -0.25) is 0 Å². The quantitative estimate of drug-likeness (QED) is 0.854. The molecule has 1 aromatic rings. The predicted octanol–water partition coefficient (Wildman–Crippen LogP) is 1.44. The summed E-state index contributed by atoms with van der Waals surface area (Å²) in [6.45, 7) is 2.51. The number of aliphatic hydroxyl groups excluding tert-OH is 1. The highest BCUT2D eigenvalue weighted by Crippen LogP contribution is 2.17.